The van der Waals surface area contributed by atoms with Crippen molar-refractivity contribution in [2.24, 2.45) is 5.92 Å². The standard InChI is InChI=1S/C14H26N2O3S2/c1-5-15-9-12-7-8-14(20-12)21(17,18)16-13(11(3)4)10-19-6-2/h7-8,11,13,15-16H,5-6,9-10H2,1-4H3. The lowest BCUT2D eigenvalue weighted by atomic mass is 10.1. The summed E-state index contributed by atoms with van der Waals surface area (Å²) in [5.74, 6) is 0.174. The fraction of sp³-hybridized carbons (Fsp3) is 0.714. The topological polar surface area (TPSA) is 67.4 Å². The third-order valence-electron chi connectivity index (χ3n) is 3.06. The van der Waals surface area contributed by atoms with Crippen molar-refractivity contribution in [2.75, 3.05) is 19.8 Å². The second-order valence-corrected chi connectivity index (χ2v) is 8.24. The third kappa shape index (κ3) is 6.04. The fourth-order valence-electron chi connectivity index (χ4n) is 1.71. The van der Waals surface area contributed by atoms with Gasteiger partial charge in [0, 0.05) is 24.1 Å². The zero-order valence-electron chi connectivity index (χ0n) is 13.2. The van der Waals surface area contributed by atoms with E-state index in [1.807, 2.05) is 33.8 Å². The van der Waals surface area contributed by atoms with Gasteiger partial charge >= 0.3 is 0 Å². The smallest absolute Gasteiger partial charge is 0.250 e. The average molecular weight is 335 g/mol. The summed E-state index contributed by atoms with van der Waals surface area (Å²) in [6, 6.07) is 3.31. The van der Waals surface area contributed by atoms with E-state index in [0.717, 1.165) is 11.4 Å². The van der Waals surface area contributed by atoms with Gasteiger partial charge < -0.3 is 10.1 Å². The van der Waals surface area contributed by atoms with Gasteiger partial charge in [-0.05, 0) is 31.5 Å². The lowest BCUT2D eigenvalue weighted by Gasteiger charge is -2.21. The largest absolute Gasteiger partial charge is 0.380 e. The zero-order chi connectivity index (χ0) is 15.9. The van der Waals surface area contributed by atoms with E-state index in [-0.39, 0.29) is 12.0 Å². The van der Waals surface area contributed by atoms with E-state index in [2.05, 4.69) is 10.0 Å². The van der Waals surface area contributed by atoms with Gasteiger partial charge in [-0.3, -0.25) is 0 Å². The average Bonchev–Trinajstić information content (AvgIpc) is 2.90. The van der Waals surface area contributed by atoms with Crippen molar-refractivity contribution < 1.29 is 13.2 Å². The van der Waals surface area contributed by atoms with Crippen LogP contribution in [0.3, 0.4) is 0 Å². The summed E-state index contributed by atoms with van der Waals surface area (Å²) in [5, 5.41) is 3.19. The van der Waals surface area contributed by atoms with Gasteiger partial charge in [0.05, 0.1) is 6.61 Å². The molecule has 1 rings (SSSR count). The van der Waals surface area contributed by atoms with Crippen molar-refractivity contribution in [2.45, 2.75) is 44.5 Å². The predicted molar refractivity (Wildman–Crippen MR) is 87.1 cm³/mol. The number of hydrogen-bond acceptors (Lipinski definition) is 5. The summed E-state index contributed by atoms with van der Waals surface area (Å²) in [5.41, 5.74) is 0. The van der Waals surface area contributed by atoms with Crippen molar-refractivity contribution in [3.05, 3.63) is 17.0 Å². The van der Waals surface area contributed by atoms with E-state index >= 15 is 0 Å². The molecule has 0 bridgehead atoms. The van der Waals surface area contributed by atoms with Crippen LogP contribution >= 0.6 is 11.3 Å². The Bertz CT molecular complexity index is 512. The monoisotopic (exact) mass is 334 g/mol. The first kappa shape index (κ1) is 18.6. The van der Waals surface area contributed by atoms with Gasteiger partial charge in [0.2, 0.25) is 10.0 Å². The van der Waals surface area contributed by atoms with Crippen molar-refractivity contribution >= 4 is 21.4 Å². The molecule has 0 fully saturated rings. The molecule has 2 N–H and O–H groups in total. The SMILES string of the molecule is CCNCc1ccc(S(=O)(=O)NC(COCC)C(C)C)s1. The Morgan fingerprint density at radius 1 is 1.29 bits per heavy atom. The van der Waals surface area contributed by atoms with Gasteiger partial charge in [0.15, 0.2) is 0 Å². The van der Waals surface area contributed by atoms with Gasteiger partial charge in [0.25, 0.3) is 0 Å². The quantitative estimate of drug-likeness (QED) is 0.688. The van der Waals surface area contributed by atoms with E-state index < -0.39 is 10.0 Å². The number of thiophene rings is 1. The highest BCUT2D eigenvalue weighted by Crippen LogP contribution is 2.22. The molecule has 0 amide bonds. The molecule has 0 aliphatic heterocycles. The van der Waals surface area contributed by atoms with Crippen LogP contribution in [0.15, 0.2) is 16.3 Å². The molecule has 1 atom stereocenters. The number of rotatable bonds is 10. The first-order valence-electron chi connectivity index (χ1n) is 7.30. The van der Waals surface area contributed by atoms with Gasteiger partial charge in [-0.1, -0.05) is 20.8 Å². The molecule has 0 aliphatic carbocycles. The molecule has 7 heteroatoms. The van der Waals surface area contributed by atoms with E-state index in [4.69, 9.17) is 4.74 Å². The second-order valence-electron chi connectivity index (χ2n) is 5.13. The molecule has 1 unspecified atom stereocenters. The van der Waals surface area contributed by atoms with Crippen LogP contribution in [0.5, 0.6) is 0 Å². The molecule has 0 aliphatic rings. The lowest BCUT2D eigenvalue weighted by molar-refractivity contribution is 0.116. The Kier molecular flexibility index (Phi) is 7.83. The minimum Gasteiger partial charge on any atom is -0.380 e. The minimum absolute atomic E-state index is 0.174. The molecule has 1 heterocycles. The van der Waals surface area contributed by atoms with Crippen molar-refractivity contribution in [1.29, 1.82) is 0 Å². The molecule has 122 valence electrons. The van der Waals surface area contributed by atoms with Crippen LogP contribution in [0.2, 0.25) is 0 Å². The summed E-state index contributed by atoms with van der Waals surface area (Å²) >= 11 is 1.30. The molecule has 0 aromatic carbocycles. The maximum absolute atomic E-state index is 12.4. The minimum atomic E-state index is -3.48. The van der Waals surface area contributed by atoms with Crippen LogP contribution in [-0.2, 0) is 21.3 Å². The van der Waals surface area contributed by atoms with Crippen LogP contribution in [-0.4, -0.2) is 34.2 Å². The molecule has 1 aromatic rings. The molecule has 0 saturated heterocycles. The molecule has 1 aromatic heterocycles. The third-order valence-corrected chi connectivity index (χ3v) is 6.13. The van der Waals surface area contributed by atoms with Crippen LogP contribution in [0.1, 0.15) is 32.6 Å². The van der Waals surface area contributed by atoms with Crippen molar-refractivity contribution in [1.82, 2.24) is 10.0 Å². The van der Waals surface area contributed by atoms with Crippen molar-refractivity contribution in [3.63, 3.8) is 0 Å². The first-order chi connectivity index (χ1) is 9.90. The Labute approximate surface area is 132 Å². The lowest BCUT2D eigenvalue weighted by Crippen LogP contribution is -2.41. The number of sulfonamides is 1. The highest BCUT2D eigenvalue weighted by molar-refractivity contribution is 7.91. The van der Waals surface area contributed by atoms with E-state index in [0.29, 0.717) is 24.0 Å². The van der Waals surface area contributed by atoms with Crippen LogP contribution < -0.4 is 10.0 Å². The fourth-order valence-corrected chi connectivity index (χ4v) is 4.42. The highest BCUT2D eigenvalue weighted by Gasteiger charge is 2.24. The van der Waals surface area contributed by atoms with Crippen LogP contribution in [0.25, 0.3) is 0 Å². The molecule has 21 heavy (non-hydrogen) atoms. The zero-order valence-corrected chi connectivity index (χ0v) is 14.8. The van der Waals surface area contributed by atoms with Gasteiger partial charge in [-0.25, -0.2) is 13.1 Å². The normalized spacial score (nSPS) is 13.8. The van der Waals surface area contributed by atoms with Crippen LogP contribution in [0, 0.1) is 5.92 Å². The van der Waals surface area contributed by atoms with Gasteiger partial charge in [0.1, 0.15) is 4.21 Å². The number of hydrogen-bond donors (Lipinski definition) is 2. The number of ether oxygens (including phenoxy) is 1. The molecule has 5 nitrogen and oxygen atoms in total. The molecule has 0 saturated carbocycles. The molecule has 0 spiro atoms. The Balaban J connectivity index is 2.76. The molecular formula is C14H26N2O3S2. The van der Waals surface area contributed by atoms with E-state index in [1.165, 1.54) is 11.3 Å². The maximum Gasteiger partial charge on any atom is 0.250 e. The molecular weight excluding hydrogens is 308 g/mol. The molecule has 0 radical (unpaired) electrons. The Hall–Kier alpha value is -0.470. The van der Waals surface area contributed by atoms with E-state index in [9.17, 15) is 8.42 Å². The predicted octanol–water partition coefficient (Wildman–Crippen LogP) is 2.20. The number of nitrogens with one attached hydrogen (secondary N) is 2. The Morgan fingerprint density at radius 3 is 2.57 bits per heavy atom. The highest BCUT2D eigenvalue weighted by atomic mass is 32.2. The van der Waals surface area contributed by atoms with Gasteiger partial charge in [-0.15, -0.1) is 11.3 Å². The maximum atomic E-state index is 12.4. The Morgan fingerprint density at radius 2 is 2.00 bits per heavy atom. The second kappa shape index (κ2) is 8.85. The summed E-state index contributed by atoms with van der Waals surface area (Å²) in [6.07, 6.45) is 0. The first-order valence-corrected chi connectivity index (χ1v) is 9.60. The summed E-state index contributed by atoms with van der Waals surface area (Å²) < 4.78 is 33.3. The van der Waals surface area contributed by atoms with Gasteiger partial charge in [-0.2, -0.15) is 0 Å². The summed E-state index contributed by atoms with van der Waals surface area (Å²) in [4.78, 5) is 1.02. The van der Waals surface area contributed by atoms with E-state index in [1.54, 1.807) is 6.07 Å². The van der Waals surface area contributed by atoms with Crippen molar-refractivity contribution in [3.8, 4) is 0 Å². The summed E-state index contributed by atoms with van der Waals surface area (Å²) in [7, 11) is -3.48. The van der Waals surface area contributed by atoms with Crippen LogP contribution in [0.4, 0.5) is 0 Å². The summed E-state index contributed by atoms with van der Waals surface area (Å²) in [6.45, 7) is 10.4.